The Hall–Kier alpha value is -2.45. The minimum atomic E-state index is -0.177. The predicted octanol–water partition coefficient (Wildman–Crippen LogP) is 3.04. The Kier molecular flexibility index (Phi) is 6.96. The van der Waals surface area contributed by atoms with Gasteiger partial charge in [0.05, 0.1) is 13.7 Å². The first-order chi connectivity index (χ1) is 14.7. The fourth-order valence-corrected chi connectivity index (χ4v) is 4.00. The molecule has 30 heavy (non-hydrogen) atoms. The lowest BCUT2D eigenvalue weighted by atomic mass is 10.0. The molecule has 2 aromatic rings. The molecule has 0 bridgehead atoms. The first-order valence-corrected chi connectivity index (χ1v) is 10.7. The number of carbonyl (C=O) groups is 1. The fraction of sp³-hybridized carbons (Fsp3) is 0.591. The Morgan fingerprint density at radius 2 is 2.00 bits per heavy atom. The van der Waals surface area contributed by atoms with Gasteiger partial charge >= 0.3 is 0 Å². The summed E-state index contributed by atoms with van der Waals surface area (Å²) in [6, 6.07) is 6.98. The molecule has 0 N–H and O–H groups in total. The van der Waals surface area contributed by atoms with Crippen LogP contribution in [0.25, 0.3) is 0 Å². The Bertz CT molecular complexity index is 816. The number of methoxy groups -OCH3 is 1. The van der Waals surface area contributed by atoms with Gasteiger partial charge in [0.15, 0.2) is 5.82 Å². The van der Waals surface area contributed by atoms with Crippen LogP contribution in [0.3, 0.4) is 0 Å². The van der Waals surface area contributed by atoms with E-state index in [9.17, 15) is 4.79 Å². The lowest BCUT2D eigenvalue weighted by molar-refractivity contribution is 0.0211. The zero-order valence-electron chi connectivity index (χ0n) is 17.4. The number of hydrogen-bond donors (Lipinski definition) is 0. The van der Waals surface area contributed by atoms with Crippen molar-refractivity contribution in [2.45, 2.75) is 38.1 Å². The molecule has 2 fully saturated rings. The SMILES string of the molecule is COc1ccc(C(=O)N2CCCC2c2nc(CCOCC3CCOCC3)no2)cc1. The second kappa shape index (κ2) is 10.0. The third-order valence-electron chi connectivity index (χ3n) is 5.78. The summed E-state index contributed by atoms with van der Waals surface area (Å²) in [5, 5.41) is 4.09. The Morgan fingerprint density at radius 3 is 2.77 bits per heavy atom. The van der Waals surface area contributed by atoms with Gasteiger partial charge in [-0.15, -0.1) is 0 Å². The number of ether oxygens (including phenoxy) is 3. The number of likely N-dealkylation sites (tertiary alicyclic amines) is 1. The van der Waals surface area contributed by atoms with Gasteiger partial charge in [-0.1, -0.05) is 5.16 Å². The number of hydrogen-bond acceptors (Lipinski definition) is 7. The van der Waals surface area contributed by atoms with Crippen molar-refractivity contribution in [3.63, 3.8) is 0 Å². The summed E-state index contributed by atoms with van der Waals surface area (Å²) in [5.74, 6) is 2.41. The molecular weight excluding hydrogens is 386 g/mol. The molecular formula is C22H29N3O5. The number of aromatic nitrogens is 2. The van der Waals surface area contributed by atoms with E-state index in [1.807, 2.05) is 4.90 Å². The second-order valence-corrected chi connectivity index (χ2v) is 7.81. The lowest BCUT2D eigenvalue weighted by Gasteiger charge is -2.22. The van der Waals surface area contributed by atoms with Gasteiger partial charge in [0.1, 0.15) is 11.8 Å². The highest BCUT2D eigenvalue weighted by Gasteiger charge is 2.34. The van der Waals surface area contributed by atoms with E-state index in [-0.39, 0.29) is 11.9 Å². The summed E-state index contributed by atoms with van der Waals surface area (Å²) < 4.78 is 21.8. The molecule has 0 aliphatic carbocycles. The van der Waals surface area contributed by atoms with Gasteiger partial charge < -0.3 is 23.6 Å². The molecule has 1 atom stereocenters. The number of carbonyl (C=O) groups excluding carboxylic acids is 1. The number of nitrogens with zero attached hydrogens (tertiary/aromatic N) is 3. The molecule has 0 radical (unpaired) electrons. The van der Waals surface area contributed by atoms with E-state index in [1.165, 1.54) is 0 Å². The van der Waals surface area contributed by atoms with E-state index in [0.717, 1.165) is 51.3 Å². The van der Waals surface area contributed by atoms with Crippen LogP contribution in [0.2, 0.25) is 0 Å². The van der Waals surface area contributed by atoms with Crippen molar-refractivity contribution in [2.75, 3.05) is 40.1 Å². The highest BCUT2D eigenvalue weighted by molar-refractivity contribution is 5.94. The molecule has 4 rings (SSSR count). The molecule has 2 aliphatic rings. The van der Waals surface area contributed by atoms with Gasteiger partial charge in [0.2, 0.25) is 5.89 Å². The van der Waals surface area contributed by atoms with Crippen molar-refractivity contribution in [3.05, 3.63) is 41.5 Å². The van der Waals surface area contributed by atoms with E-state index >= 15 is 0 Å². The molecule has 0 saturated carbocycles. The van der Waals surface area contributed by atoms with Crippen LogP contribution in [-0.4, -0.2) is 61.0 Å². The minimum absolute atomic E-state index is 0.0281. The van der Waals surface area contributed by atoms with E-state index < -0.39 is 0 Å². The minimum Gasteiger partial charge on any atom is -0.497 e. The number of rotatable bonds is 8. The molecule has 1 aromatic carbocycles. The van der Waals surface area contributed by atoms with Crippen molar-refractivity contribution in [3.8, 4) is 5.75 Å². The third-order valence-corrected chi connectivity index (χ3v) is 5.78. The number of amides is 1. The molecule has 1 amide bonds. The van der Waals surface area contributed by atoms with Gasteiger partial charge in [-0.25, -0.2) is 0 Å². The smallest absolute Gasteiger partial charge is 0.254 e. The maximum Gasteiger partial charge on any atom is 0.254 e. The number of benzene rings is 1. The van der Waals surface area contributed by atoms with Crippen molar-refractivity contribution >= 4 is 5.91 Å². The summed E-state index contributed by atoms with van der Waals surface area (Å²) in [6.45, 7) is 3.66. The molecule has 1 unspecified atom stereocenters. The second-order valence-electron chi connectivity index (χ2n) is 7.81. The zero-order chi connectivity index (χ0) is 20.8. The molecule has 1 aromatic heterocycles. The Balaban J connectivity index is 1.30. The third kappa shape index (κ3) is 4.99. The highest BCUT2D eigenvalue weighted by atomic mass is 16.5. The summed E-state index contributed by atoms with van der Waals surface area (Å²) in [4.78, 5) is 19.3. The monoisotopic (exact) mass is 415 g/mol. The maximum atomic E-state index is 13.0. The maximum absolute atomic E-state index is 13.0. The Morgan fingerprint density at radius 1 is 1.20 bits per heavy atom. The topological polar surface area (TPSA) is 86.9 Å². The van der Waals surface area contributed by atoms with E-state index in [4.69, 9.17) is 18.7 Å². The molecule has 2 saturated heterocycles. The zero-order valence-corrected chi connectivity index (χ0v) is 17.4. The predicted molar refractivity (Wildman–Crippen MR) is 108 cm³/mol. The van der Waals surface area contributed by atoms with Gasteiger partial charge in [-0.2, -0.15) is 4.98 Å². The summed E-state index contributed by atoms with van der Waals surface area (Å²) in [6.07, 6.45) is 4.46. The molecule has 8 nitrogen and oxygen atoms in total. The molecule has 3 heterocycles. The van der Waals surface area contributed by atoms with Crippen LogP contribution in [-0.2, 0) is 15.9 Å². The van der Waals surface area contributed by atoms with E-state index in [1.54, 1.807) is 31.4 Å². The van der Waals surface area contributed by atoms with Crippen LogP contribution in [0.1, 0.15) is 53.8 Å². The van der Waals surface area contributed by atoms with Crippen LogP contribution >= 0.6 is 0 Å². The van der Waals surface area contributed by atoms with Crippen molar-refractivity contribution in [1.29, 1.82) is 0 Å². The molecule has 8 heteroatoms. The van der Waals surface area contributed by atoms with Gasteiger partial charge in [0.25, 0.3) is 5.91 Å². The van der Waals surface area contributed by atoms with Crippen LogP contribution in [0, 0.1) is 5.92 Å². The fourth-order valence-electron chi connectivity index (χ4n) is 4.00. The van der Waals surface area contributed by atoms with E-state index in [2.05, 4.69) is 10.1 Å². The van der Waals surface area contributed by atoms with Crippen LogP contribution in [0.5, 0.6) is 5.75 Å². The summed E-state index contributed by atoms with van der Waals surface area (Å²) in [5.41, 5.74) is 0.629. The average molecular weight is 415 g/mol. The normalized spacial score (nSPS) is 19.9. The first-order valence-electron chi connectivity index (χ1n) is 10.7. The van der Waals surface area contributed by atoms with Crippen LogP contribution in [0.4, 0.5) is 0 Å². The van der Waals surface area contributed by atoms with Gasteiger partial charge in [0, 0.05) is 38.3 Å². The van der Waals surface area contributed by atoms with Gasteiger partial charge in [-0.05, 0) is 55.9 Å². The average Bonchev–Trinajstić information content (AvgIpc) is 3.46. The largest absolute Gasteiger partial charge is 0.497 e. The van der Waals surface area contributed by atoms with Crippen molar-refractivity contribution < 1.29 is 23.5 Å². The van der Waals surface area contributed by atoms with Crippen LogP contribution < -0.4 is 4.74 Å². The van der Waals surface area contributed by atoms with Crippen molar-refractivity contribution in [1.82, 2.24) is 15.0 Å². The molecule has 2 aliphatic heterocycles. The lowest BCUT2D eigenvalue weighted by Crippen LogP contribution is -2.30. The highest BCUT2D eigenvalue weighted by Crippen LogP contribution is 2.32. The molecule has 162 valence electrons. The van der Waals surface area contributed by atoms with Crippen LogP contribution in [0.15, 0.2) is 28.8 Å². The summed E-state index contributed by atoms with van der Waals surface area (Å²) in [7, 11) is 1.61. The standard InChI is InChI=1S/C22H29N3O5/c1-27-18-6-4-17(5-7-18)22(26)25-11-2-3-19(25)21-23-20(24-30-21)10-14-29-15-16-8-12-28-13-9-16/h4-7,16,19H,2-3,8-15H2,1H3. The first kappa shape index (κ1) is 20.8. The Labute approximate surface area is 176 Å². The quantitative estimate of drug-likeness (QED) is 0.613. The molecule has 0 spiro atoms. The van der Waals surface area contributed by atoms with Gasteiger partial charge in [-0.3, -0.25) is 4.79 Å². The van der Waals surface area contributed by atoms with E-state index in [0.29, 0.717) is 42.8 Å². The van der Waals surface area contributed by atoms with Crippen molar-refractivity contribution in [2.24, 2.45) is 5.92 Å². The summed E-state index contributed by atoms with van der Waals surface area (Å²) >= 11 is 0.